The Morgan fingerprint density at radius 1 is 0.368 bits per heavy atom. The molecule has 76 heavy (non-hydrogen) atoms. The zero-order chi connectivity index (χ0) is 55.0. The Hall–Kier alpha value is -1.92. The predicted octanol–water partition coefficient (Wildman–Crippen LogP) is 21.9. The monoisotopic (exact) mass is 1070 g/mol. The summed E-state index contributed by atoms with van der Waals surface area (Å²) in [6, 6.07) is -0.539. The molecule has 6 nitrogen and oxygen atoms in total. The largest absolute Gasteiger partial charge is 0.466 e. The summed E-state index contributed by atoms with van der Waals surface area (Å²) in [6.07, 6.45) is 83.3. The molecule has 448 valence electrons. The van der Waals surface area contributed by atoms with Crippen LogP contribution in [0.15, 0.2) is 36.5 Å². The molecule has 0 saturated carbocycles. The van der Waals surface area contributed by atoms with Crippen molar-refractivity contribution < 1.29 is 24.5 Å². The van der Waals surface area contributed by atoms with Crippen molar-refractivity contribution in [1.82, 2.24) is 5.32 Å². The number of allylic oxidation sites excluding steroid dienone is 6. The maximum Gasteiger partial charge on any atom is 0.305 e. The molecule has 0 fully saturated rings. The number of ether oxygens (including phenoxy) is 1. The van der Waals surface area contributed by atoms with E-state index in [2.05, 4.69) is 55.6 Å². The quantitative estimate of drug-likeness (QED) is 0.0320. The van der Waals surface area contributed by atoms with Crippen molar-refractivity contribution >= 4 is 11.9 Å². The van der Waals surface area contributed by atoms with E-state index in [1.165, 1.54) is 289 Å². The van der Waals surface area contributed by atoms with Crippen LogP contribution >= 0.6 is 0 Å². The first-order chi connectivity index (χ1) is 37.5. The Bertz CT molecular complexity index is 1230. The second-order valence-corrected chi connectivity index (χ2v) is 23.5. The standard InChI is InChI=1S/C70H133NO5/c1-3-5-7-9-11-13-15-17-38-42-46-50-54-58-62-68(73)67(66-72)71-69(74)63-59-55-51-47-43-39-36-34-32-30-28-26-24-22-20-19-21-23-25-27-29-31-33-35-37-41-45-49-53-57-61-65-76-70(75)64-60-56-52-48-44-40-18-16-14-12-10-8-6-4-2/h10,12,16,18,21,23,67-68,72-73H,3-9,11,13-15,17,19-20,22,24-66H2,1-2H3,(H,71,74)/b12-10-,18-16-,23-21-. The Labute approximate surface area is 474 Å². The van der Waals surface area contributed by atoms with Crippen LogP contribution in [-0.4, -0.2) is 47.4 Å². The minimum Gasteiger partial charge on any atom is -0.466 e. The normalized spacial score (nSPS) is 12.7. The SMILES string of the molecule is CCCC/C=C\C/C=C\CCCCCCCC(=O)OCCCCCCCCCCCCCC/C=C\CCCCCCCCCCCCCCCCCC(=O)NC(CO)C(O)CCCCCCCCCCCCCCCC. The number of hydrogen-bond acceptors (Lipinski definition) is 5. The van der Waals surface area contributed by atoms with Gasteiger partial charge in [0.15, 0.2) is 0 Å². The number of rotatable bonds is 64. The highest BCUT2D eigenvalue weighted by atomic mass is 16.5. The summed E-state index contributed by atoms with van der Waals surface area (Å²) in [4.78, 5) is 24.5. The van der Waals surface area contributed by atoms with Crippen molar-refractivity contribution in [2.75, 3.05) is 13.2 Å². The topological polar surface area (TPSA) is 95.9 Å². The minimum absolute atomic E-state index is 0.00318. The highest BCUT2D eigenvalue weighted by Gasteiger charge is 2.20. The van der Waals surface area contributed by atoms with Crippen molar-refractivity contribution in [3.63, 3.8) is 0 Å². The number of hydrogen-bond donors (Lipinski definition) is 3. The first-order valence-electron chi connectivity index (χ1n) is 34.2. The van der Waals surface area contributed by atoms with Gasteiger partial charge in [-0.1, -0.05) is 320 Å². The molecule has 0 rings (SSSR count). The molecule has 0 aliphatic heterocycles. The summed E-state index contributed by atoms with van der Waals surface area (Å²) in [6.45, 7) is 4.93. The number of nitrogens with one attached hydrogen (secondary N) is 1. The van der Waals surface area contributed by atoms with Gasteiger partial charge in [0.25, 0.3) is 0 Å². The molecule has 2 unspecified atom stereocenters. The molecule has 0 bridgehead atoms. The smallest absolute Gasteiger partial charge is 0.305 e. The molecule has 0 aromatic heterocycles. The average molecular weight is 1070 g/mol. The van der Waals surface area contributed by atoms with Gasteiger partial charge in [-0.15, -0.1) is 0 Å². The van der Waals surface area contributed by atoms with E-state index in [1.807, 2.05) is 0 Å². The van der Waals surface area contributed by atoms with Gasteiger partial charge in [-0.2, -0.15) is 0 Å². The van der Waals surface area contributed by atoms with Crippen LogP contribution in [0.5, 0.6) is 0 Å². The highest BCUT2D eigenvalue weighted by Crippen LogP contribution is 2.18. The van der Waals surface area contributed by atoms with Crippen LogP contribution in [0.1, 0.15) is 373 Å². The first kappa shape index (κ1) is 74.1. The third-order valence-corrected chi connectivity index (χ3v) is 15.9. The number of carbonyl (C=O) groups excluding carboxylic acids is 2. The molecule has 0 aromatic carbocycles. The number of aliphatic hydroxyl groups is 2. The minimum atomic E-state index is -0.662. The molecule has 0 spiro atoms. The Balaban J connectivity index is 3.35. The molecule has 0 radical (unpaired) electrons. The molecule has 0 aromatic rings. The van der Waals surface area contributed by atoms with Crippen molar-refractivity contribution in [2.45, 2.75) is 386 Å². The molecule has 0 saturated heterocycles. The van der Waals surface area contributed by atoms with Gasteiger partial charge in [0, 0.05) is 12.8 Å². The van der Waals surface area contributed by atoms with E-state index in [1.54, 1.807) is 0 Å². The second-order valence-electron chi connectivity index (χ2n) is 23.5. The number of carbonyl (C=O) groups is 2. The van der Waals surface area contributed by atoms with Crippen LogP contribution in [0.25, 0.3) is 0 Å². The van der Waals surface area contributed by atoms with Crippen LogP contribution in [0.3, 0.4) is 0 Å². The number of unbranched alkanes of at least 4 members (excludes halogenated alkanes) is 47. The summed E-state index contributed by atoms with van der Waals surface area (Å²) in [5.74, 6) is -0.0278. The van der Waals surface area contributed by atoms with Gasteiger partial charge in [-0.3, -0.25) is 9.59 Å². The molecule has 2 atom stereocenters. The fraction of sp³-hybridized carbons (Fsp3) is 0.886. The van der Waals surface area contributed by atoms with E-state index in [0.717, 1.165) is 51.4 Å². The molecule has 6 heteroatoms. The van der Waals surface area contributed by atoms with Crippen molar-refractivity contribution in [3.8, 4) is 0 Å². The lowest BCUT2D eigenvalue weighted by Crippen LogP contribution is -2.45. The fourth-order valence-corrected chi connectivity index (χ4v) is 10.7. The summed E-state index contributed by atoms with van der Waals surface area (Å²) < 4.78 is 5.48. The van der Waals surface area contributed by atoms with Crippen molar-refractivity contribution in [3.05, 3.63) is 36.5 Å². The first-order valence-corrected chi connectivity index (χ1v) is 34.2. The van der Waals surface area contributed by atoms with E-state index in [9.17, 15) is 19.8 Å². The van der Waals surface area contributed by atoms with Crippen molar-refractivity contribution in [1.29, 1.82) is 0 Å². The Morgan fingerprint density at radius 2 is 0.671 bits per heavy atom. The molecule has 0 heterocycles. The number of aliphatic hydroxyl groups excluding tert-OH is 2. The van der Waals surface area contributed by atoms with Crippen molar-refractivity contribution in [2.24, 2.45) is 0 Å². The second kappa shape index (κ2) is 65.6. The van der Waals surface area contributed by atoms with Gasteiger partial charge in [0.1, 0.15) is 0 Å². The van der Waals surface area contributed by atoms with Crippen LogP contribution in [0.4, 0.5) is 0 Å². The molecular weight excluding hydrogens is 935 g/mol. The molecule has 0 aliphatic rings. The van der Waals surface area contributed by atoms with Crippen LogP contribution in [0.2, 0.25) is 0 Å². The fourth-order valence-electron chi connectivity index (χ4n) is 10.7. The molecule has 0 aliphatic carbocycles. The Kier molecular flexibility index (Phi) is 63.9. The van der Waals surface area contributed by atoms with Gasteiger partial charge in [-0.05, 0) is 77.0 Å². The summed E-state index contributed by atoms with van der Waals surface area (Å²) in [5.41, 5.74) is 0. The average Bonchev–Trinajstić information content (AvgIpc) is 3.42. The van der Waals surface area contributed by atoms with Gasteiger partial charge >= 0.3 is 5.97 Å². The Morgan fingerprint density at radius 3 is 1.05 bits per heavy atom. The molecule has 3 N–H and O–H groups in total. The third-order valence-electron chi connectivity index (χ3n) is 15.9. The predicted molar refractivity (Wildman–Crippen MR) is 333 cm³/mol. The van der Waals surface area contributed by atoms with E-state index in [4.69, 9.17) is 4.74 Å². The lowest BCUT2D eigenvalue weighted by molar-refractivity contribution is -0.143. The number of esters is 1. The number of amides is 1. The van der Waals surface area contributed by atoms with Crippen LogP contribution in [-0.2, 0) is 14.3 Å². The highest BCUT2D eigenvalue weighted by molar-refractivity contribution is 5.76. The summed E-state index contributed by atoms with van der Waals surface area (Å²) in [7, 11) is 0. The maximum absolute atomic E-state index is 12.5. The van der Waals surface area contributed by atoms with E-state index < -0.39 is 12.1 Å². The van der Waals surface area contributed by atoms with Gasteiger partial charge in [0.05, 0.1) is 25.4 Å². The van der Waals surface area contributed by atoms with E-state index in [-0.39, 0.29) is 18.5 Å². The van der Waals surface area contributed by atoms with E-state index >= 15 is 0 Å². The van der Waals surface area contributed by atoms with Gasteiger partial charge in [-0.25, -0.2) is 0 Å². The molecule has 1 amide bonds. The van der Waals surface area contributed by atoms with Gasteiger partial charge in [0.2, 0.25) is 5.91 Å². The van der Waals surface area contributed by atoms with Gasteiger partial charge < -0.3 is 20.3 Å². The zero-order valence-electron chi connectivity index (χ0n) is 51.3. The van der Waals surface area contributed by atoms with E-state index in [0.29, 0.717) is 25.9 Å². The third kappa shape index (κ3) is 61.3. The lowest BCUT2D eigenvalue weighted by Gasteiger charge is -2.22. The van der Waals surface area contributed by atoms with Crippen LogP contribution < -0.4 is 5.32 Å². The van der Waals surface area contributed by atoms with Crippen LogP contribution in [0, 0.1) is 0 Å². The summed E-state index contributed by atoms with van der Waals surface area (Å²) >= 11 is 0. The summed E-state index contributed by atoms with van der Waals surface area (Å²) in [5, 5.41) is 23.3. The lowest BCUT2D eigenvalue weighted by atomic mass is 10.0. The molecular formula is C70H133NO5. The maximum atomic E-state index is 12.5. The zero-order valence-corrected chi connectivity index (χ0v) is 51.3.